The highest BCUT2D eigenvalue weighted by Crippen LogP contribution is 2.36. The van der Waals surface area contributed by atoms with Gasteiger partial charge >= 0.3 is 7.55 Å². The quantitative estimate of drug-likeness (QED) is 0.751. The highest BCUT2D eigenvalue weighted by Gasteiger charge is 2.37. The Labute approximate surface area is 163 Å². The molecule has 1 fully saturated rings. The molecule has 0 atom stereocenters. The first-order valence-corrected chi connectivity index (χ1v) is 9.79. The molecule has 0 amide bonds. The Morgan fingerprint density at radius 3 is 2.54 bits per heavy atom. The number of aromatic nitrogens is 1. The van der Waals surface area contributed by atoms with E-state index in [2.05, 4.69) is 41.7 Å². The molecule has 6 heteroatoms. The predicted molar refractivity (Wildman–Crippen MR) is 109 cm³/mol. The number of anilines is 1. The molecule has 0 spiro atoms. The fourth-order valence-corrected chi connectivity index (χ4v) is 4.47. The topological polar surface area (TPSA) is 20.0 Å². The van der Waals surface area contributed by atoms with Gasteiger partial charge in [0.2, 0.25) is 0 Å². The Balaban J connectivity index is 1.55. The van der Waals surface area contributed by atoms with Crippen molar-refractivity contribution < 1.29 is 4.49 Å². The predicted octanol–water partition coefficient (Wildman–Crippen LogP) is 4.87. The number of benzene rings is 1. The molecular formula is C20H18BCl2N3+. The first-order valence-electron chi connectivity index (χ1n) is 9.04. The first-order chi connectivity index (χ1) is 12.7. The second-order valence-corrected chi connectivity index (χ2v) is 7.79. The molecule has 2 aliphatic heterocycles. The molecule has 3 nitrogen and oxygen atoms in total. The molecule has 2 aromatic rings. The molecular weight excluding hydrogens is 364 g/mol. The van der Waals surface area contributed by atoms with E-state index in [0.717, 1.165) is 22.5 Å². The van der Waals surface area contributed by atoms with E-state index in [0.29, 0.717) is 16.4 Å². The van der Waals surface area contributed by atoms with E-state index in [4.69, 9.17) is 23.2 Å². The summed E-state index contributed by atoms with van der Waals surface area (Å²) in [6.07, 6.45) is 9.19. The summed E-state index contributed by atoms with van der Waals surface area (Å²) in [5.74, 6) is 0. The summed E-state index contributed by atoms with van der Waals surface area (Å²) in [5.41, 5.74) is 5.63. The van der Waals surface area contributed by atoms with E-state index in [9.17, 15) is 0 Å². The van der Waals surface area contributed by atoms with Crippen LogP contribution >= 0.6 is 23.2 Å². The number of nitrogens with zero attached hydrogens (tertiary/aromatic N) is 2. The molecule has 1 aliphatic carbocycles. The molecule has 1 aromatic heterocycles. The van der Waals surface area contributed by atoms with Crippen LogP contribution in [0.25, 0.3) is 5.57 Å². The lowest BCUT2D eigenvalue weighted by molar-refractivity contribution is -0.310. The average molecular weight is 382 g/mol. The number of hydrogen-bond donors (Lipinski definition) is 1. The van der Waals surface area contributed by atoms with Crippen molar-refractivity contribution in [1.82, 2.24) is 4.48 Å². The van der Waals surface area contributed by atoms with Gasteiger partial charge in [0, 0.05) is 29.6 Å². The van der Waals surface area contributed by atoms with Gasteiger partial charge < -0.3 is 9.79 Å². The number of allylic oxidation sites excluding steroid dienone is 2. The zero-order chi connectivity index (χ0) is 17.7. The van der Waals surface area contributed by atoms with Crippen LogP contribution in [-0.2, 0) is 0 Å². The third kappa shape index (κ3) is 2.63. The monoisotopic (exact) mass is 381 g/mol. The normalized spacial score (nSPS) is 19.0. The van der Waals surface area contributed by atoms with E-state index in [1.807, 2.05) is 28.7 Å². The summed E-state index contributed by atoms with van der Waals surface area (Å²) in [7, 11) is 1.94. The summed E-state index contributed by atoms with van der Waals surface area (Å²) in [6.45, 7) is 0. The zero-order valence-electron chi connectivity index (χ0n) is 14.3. The lowest BCUT2D eigenvalue weighted by Crippen LogP contribution is -2.30. The van der Waals surface area contributed by atoms with Crippen LogP contribution in [0.3, 0.4) is 0 Å². The van der Waals surface area contributed by atoms with E-state index in [1.165, 1.54) is 31.4 Å². The van der Waals surface area contributed by atoms with Gasteiger partial charge in [-0.15, -0.1) is 0 Å². The standard InChI is InChI=1S/C20H18BCl2N3/c22-18-11-9-16-20(17-10-12-19(23)26(17)21-25(16)18)13-5-7-15(8-6-13)24-14-3-1-2-4-14/h5-12,14,24H,1-4H2/q+1. The molecule has 26 heavy (non-hydrogen) atoms. The SMILES string of the molecule is ClC1=[N+]2[B]n3c(Cl)ccc3C(c3ccc(NC4CCCC4)cc3)=C2C=C1. The van der Waals surface area contributed by atoms with E-state index >= 15 is 0 Å². The van der Waals surface area contributed by atoms with E-state index < -0.39 is 0 Å². The minimum absolute atomic E-state index is 0.616. The minimum atomic E-state index is 0.616. The molecule has 129 valence electrons. The summed E-state index contributed by atoms with van der Waals surface area (Å²) in [4.78, 5) is 0. The lowest BCUT2D eigenvalue weighted by atomic mass is 9.93. The van der Waals surface area contributed by atoms with Crippen LogP contribution in [0.2, 0.25) is 5.15 Å². The smallest absolute Gasteiger partial charge is 0.382 e. The van der Waals surface area contributed by atoms with Gasteiger partial charge in [-0.25, -0.2) is 4.49 Å². The van der Waals surface area contributed by atoms with Crippen molar-refractivity contribution in [2.24, 2.45) is 0 Å². The average Bonchev–Trinajstić information content (AvgIpc) is 3.37. The molecule has 1 N–H and O–H groups in total. The van der Waals surface area contributed by atoms with Crippen molar-refractivity contribution >= 4 is 47.2 Å². The highest BCUT2D eigenvalue weighted by atomic mass is 35.5. The van der Waals surface area contributed by atoms with Gasteiger partial charge in [0.1, 0.15) is 5.15 Å². The van der Waals surface area contributed by atoms with Crippen LogP contribution in [0.5, 0.6) is 0 Å². The van der Waals surface area contributed by atoms with Gasteiger partial charge in [0.25, 0.3) is 5.17 Å². The molecule has 0 bridgehead atoms. The van der Waals surface area contributed by atoms with Crippen LogP contribution in [0.1, 0.15) is 36.9 Å². The Morgan fingerprint density at radius 1 is 1.00 bits per heavy atom. The van der Waals surface area contributed by atoms with Gasteiger partial charge in [-0.3, -0.25) is 0 Å². The van der Waals surface area contributed by atoms with Crippen molar-refractivity contribution in [3.8, 4) is 0 Å². The first kappa shape index (κ1) is 16.3. The van der Waals surface area contributed by atoms with Gasteiger partial charge in [-0.05, 0) is 54.3 Å². The lowest BCUT2D eigenvalue weighted by Gasteiger charge is -2.18. The Morgan fingerprint density at radius 2 is 1.77 bits per heavy atom. The van der Waals surface area contributed by atoms with E-state index in [1.54, 1.807) is 0 Å². The third-order valence-corrected chi connectivity index (χ3v) is 6.00. The van der Waals surface area contributed by atoms with Crippen molar-refractivity contribution in [2.45, 2.75) is 31.7 Å². The van der Waals surface area contributed by atoms with Gasteiger partial charge in [-0.1, -0.05) is 36.6 Å². The maximum atomic E-state index is 6.37. The summed E-state index contributed by atoms with van der Waals surface area (Å²) in [5, 5.41) is 5.00. The fraction of sp³-hybridized carbons (Fsp3) is 0.250. The fourth-order valence-electron chi connectivity index (χ4n) is 4.07. The van der Waals surface area contributed by atoms with Gasteiger partial charge in [0.05, 0.1) is 5.57 Å². The van der Waals surface area contributed by atoms with Crippen LogP contribution in [0, 0.1) is 0 Å². The summed E-state index contributed by atoms with van der Waals surface area (Å²) < 4.78 is 3.95. The number of rotatable bonds is 3. The van der Waals surface area contributed by atoms with Crippen molar-refractivity contribution in [1.29, 1.82) is 0 Å². The van der Waals surface area contributed by atoms with Crippen molar-refractivity contribution in [2.75, 3.05) is 5.32 Å². The van der Waals surface area contributed by atoms with Crippen molar-refractivity contribution in [3.05, 3.63) is 70.7 Å². The number of nitrogens with one attached hydrogen (secondary N) is 1. The highest BCUT2D eigenvalue weighted by molar-refractivity contribution is 6.68. The molecule has 1 aromatic carbocycles. The number of halogens is 2. The van der Waals surface area contributed by atoms with Crippen LogP contribution < -0.4 is 5.32 Å². The Kier molecular flexibility index (Phi) is 3.98. The second kappa shape index (κ2) is 6.36. The number of fused-ring (bicyclic) bond motifs is 2. The Bertz CT molecular complexity index is 963. The molecule has 1 radical (unpaired) electrons. The van der Waals surface area contributed by atoms with Crippen LogP contribution in [-0.4, -0.2) is 27.7 Å². The maximum absolute atomic E-state index is 6.37. The minimum Gasteiger partial charge on any atom is -0.382 e. The zero-order valence-corrected chi connectivity index (χ0v) is 15.8. The Hall–Kier alpha value is -1.91. The molecule has 5 rings (SSSR count). The maximum Gasteiger partial charge on any atom is 0.701 e. The summed E-state index contributed by atoms with van der Waals surface area (Å²) >= 11 is 12.7. The van der Waals surface area contributed by atoms with Gasteiger partial charge in [0.15, 0.2) is 5.70 Å². The third-order valence-electron chi connectivity index (χ3n) is 5.38. The van der Waals surface area contributed by atoms with Crippen LogP contribution in [0.4, 0.5) is 5.69 Å². The number of hydrogen-bond acceptors (Lipinski definition) is 1. The molecule has 0 saturated heterocycles. The molecule has 0 unspecified atom stereocenters. The summed E-state index contributed by atoms with van der Waals surface area (Å²) in [6, 6.07) is 13.3. The van der Waals surface area contributed by atoms with Crippen LogP contribution in [0.15, 0.2) is 54.2 Å². The molecule has 1 saturated carbocycles. The molecule has 3 aliphatic rings. The van der Waals surface area contributed by atoms with Crippen molar-refractivity contribution in [3.63, 3.8) is 0 Å². The van der Waals surface area contributed by atoms with E-state index in [-0.39, 0.29) is 0 Å². The molecule has 3 heterocycles. The second-order valence-electron chi connectivity index (χ2n) is 7.02. The largest absolute Gasteiger partial charge is 0.701 e. The van der Waals surface area contributed by atoms with Gasteiger partial charge in [-0.2, -0.15) is 0 Å².